The van der Waals surface area contributed by atoms with Crippen molar-refractivity contribution in [1.82, 2.24) is 0 Å². The quantitative estimate of drug-likeness (QED) is 0.696. The van der Waals surface area contributed by atoms with E-state index in [1.807, 2.05) is 37.3 Å². The Morgan fingerprint density at radius 3 is 2.39 bits per heavy atom. The second-order valence-corrected chi connectivity index (χ2v) is 10.6. The van der Waals surface area contributed by atoms with Crippen LogP contribution in [0, 0.1) is 6.92 Å². The summed E-state index contributed by atoms with van der Waals surface area (Å²) in [6.45, 7) is 5.05. The highest BCUT2D eigenvalue weighted by atomic mass is 32.2. The Kier molecular flexibility index (Phi) is 6.22. The van der Waals surface area contributed by atoms with Crippen molar-refractivity contribution in [3.63, 3.8) is 0 Å². The van der Waals surface area contributed by atoms with Gasteiger partial charge in [0.1, 0.15) is 23.6 Å². The summed E-state index contributed by atoms with van der Waals surface area (Å²) in [5, 5.41) is 8.89. The van der Waals surface area contributed by atoms with Crippen LogP contribution in [0.2, 0.25) is 0 Å². The van der Waals surface area contributed by atoms with E-state index in [9.17, 15) is 13.5 Å². The first-order valence-corrected chi connectivity index (χ1v) is 11.8. The van der Waals surface area contributed by atoms with Gasteiger partial charge in [0.05, 0.1) is 18.1 Å². The number of ether oxygens (including phenoxy) is 4. The van der Waals surface area contributed by atoms with Crippen molar-refractivity contribution in [1.29, 1.82) is 0 Å². The molecule has 2 aromatic carbocycles. The van der Waals surface area contributed by atoms with E-state index in [4.69, 9.17) is 18.9 Å². The van der Waals surface area contributed by atoms with Gasteiger partial charge in [-0.15, -0.1) is 0 Å². The van der Waals surface area contributed by atoms with Gasteiger partial charge in [0, 0.05) is 0 Å². The highest BCUT2D eigenvalue weighted by Crippen LogP contribution is 2.41. The van der Waals surface area contributed by atoms with E-state index in [1.54, 1.807) is 38.1 Å². The lowest BCUT2D eigenvalue weighted by Gasteiger charge is -2.30. The van der Waals surface area contributed by atoms with Crippen molar-refractivity contribution in [3.8, 4) is 0 Å². The molecule has 2 saturated heterocycles. The van der Waals surface area contributed by atoms with Gasteiger partial charge in [0.25, 0.3) is 0 Å². The third-order valence-electron chi connectivity index (χ3n) is 5.61. The number of aliphatic hydroxyl groups is 1. The number of sulfone groups is 1. The van der Waals surface area contributed by atoms with Crippen molar-refractivity contribution in [3.05, 3.63) is 65.7 Å². The first-order valence-electron chi connectivity index (χ1n) is 10.3. The fraction of sp³-hybridized carbons (Fsp3) is 0.478. The summed E-state index contributed by atoms with van der Waals surface area (Å²) in [6.07, 6.45) is -3.07. The summed E-state index contributed by atoms with van der Waals surface area (Å²) >= 11 is 0. The van der Waals surface area contributed by atoms with Crippen LogP contribution in [0.1, 0.15) is 25.0 Å². The molecule has 8 heteroatoms. The van der Waals surface area contributed by atoms with Crippen LogP contribution in [0.15, 0.2) is 59.5 Å². The van der Waals surface area contributed by atoms with Crippen LogP contribution >= 0.6 is 0 Å². The molecule has 0 aromatic heterocycles. The zero-order chi connectivity index (χ0) is 22.2. The van der Waals surface area contributed by atoms with Gasteiger partial charge in [0.2, 0.25) is 0 Å². The van der Waals surface area contributed by atoms with Gasteiger partial charge in [-0.25, -0.2) is 8.42 Å². The van der Waals surface area contributed by atoms with Crippen LogP contribution in [0.25, 0.3) is 0 Å². The summed E-state index contributed by atoms with van der Waals surface area (Å²) in [6, 6.07) is 16.1. The van der Waals surface area contributed by atoms with E-state index in [1.165, 1.54) is 0 Å². The molecule has 1 N–H and O–H groups in total. The SMILES string of the molecule is Cc1ccc(S(=O)(=O)[C@@H](CO)[C@H]2O[C@@H]3OC(C)(C)O[C@@H]3[C@H]2OCc2ccccc2)cc1. The largest absolute Gasteiger partial charge is 0.395 e. The molecule has 0 spiro atoms. The van der Waals surface area contributed by atoms with Gasteiger partial charge in [-0.2, -0.15) is 0 Å². The third kappa shape index (κ3) is 4.55. The molecule has 0 aliphatic carbocycles. The third-order valence-corrected chi connectivity index (χ3v) is 7.75. The smallest absolute Gasteiger partial charge is 0.190 e. The maximum Gasteiger partial charge on any atom is 0.190 e. The number of aliphatic hydroxyl groups excluding tert-OH is 1. The maximum atomic E-state index is 13.4. The lowest BCUT2D eigenvalue weighted by molar-refractivity contribution is -0.219. The lowest BCUT2D eigenvalue weighted by atomic mass is 10.1. The molecule has 2 heterocycles. The molecule has 7 nitrogen and oxygen atoms in total. The second kappa shape index (κ2) is 8.61. The Bertz CT molecular complexity index is 988. The van der Waals surface area contributed by atoms with E-state index < -0.39 is 52.1 Å². The minimum atomic E-state index is -3.89. The monoisotopic (exact) mass is 448 g/mol. The second-order valence-electron chi connectivity index (χ2n) is 8.41. The molecular weight excluding hydrogens is 420 g/mol. The molecule has 0 bridgehead atoms. The number of hydrogen-bond acceptors (Lipinski definition) is 7. The average Bonchev–Trinajstić information content (AvgIpc) is 3.19. The molecule has 2 aliphatic heterocycles. The van der Waals surface area contributed by atoms with Gasteiger partial charge in [-0.1, -0.05) is 48.0 Å². The normalized spacial score (nSPS) is 28.4. The van der Waals surface area contributed by atoms with Gasteiger partial charge in [-0.3, -0.25) is 0 Å². The predicted octanol–water partition coefficient (Wildman–Crippen LogP) is 2.59. The molecule has 4 rings (SSSR count). The molecule has 2 aromatic rings. The average molecular weight is 449 g/mol. The number of rotatable bonds is 7. The summed E-state index contributed by atoms with van der Waals surface area (Å²) in [7, 11) is -3.89. The summed E-state index contributed by atoms with van der Waals surface area (Å²) in [5.74, 6) is -0.876. The Morgan fingerprint density at radius 1 is 1.06 bits per heavy atom. The number of benzene rings is 2. The van der Waals surface area contributed by atoms with E-state index in [0.717, 1.165) is 11.1 Å². The molecule has 168 valence electrons. The van der Waals surface area contributed by atoms with Crippen molar-refractivity contribution in [2.45, 2.75) is 67.9 Å². The van der Waals surface area contributed by atoms with Crippen LogP contribution in [0.5, 0.6) is 0 Å². The van der Waals surface area contributed by atoms with Crippen molar-refractivity contribution in [2.75, 3.05) is 6.61 Å². The molecule has 0 radical (unpaired) electrons. The van der Waals surface area contributed by atoms with E-state index in [0.29, 0.717) is 0 Å². The minimum Gasteiger partial charge on any atom is -0.395 e. The molecule has 31 heavy (non-hydrogen) atoms. The van der Waals surface area contributed by atoms with E-state index in [2.05, 4.69) is 0 Å². The minimum absolute atomic E-state index is 0.127. The van der Waals surface area contributed by atoms with Gasteiger partial charge >= 0.3 is 0 Å². The van der Waals surface area contributed by atoms with Crippen LogP contribution in [-0.2, 0) is 35.4 Å². The van der Waals surface area contributed by atoms with Gasteiger partial charge in [0.15, 0.2) is 21.9 Å². The highest BCUT2D eigenvalue weighted by molar-refractivity contribution is 7.92. The highest BCUT2D eigenvalue weighted by Gasteiger charge is 2.59. The molecule has 5 atom stereocenters. The van der Waals surface area contributed by atoms with Gasteiger partial charge < -0.3 is 24.1 Å². The summed E-state index contributed by atoms with van der Waals surface area (Å²) in [4.78, 5) is 0.127. The summed E-state index contributed by atoms with van der Waals surface area (Å²) in [5.41, 5.74) is 1.88. The maximum absolute atomic E-state index is 13.4. The molecule has 0 amide bonds. The zero-order valence-electron chi connectivity index (χ0n) is 17.8. The Labute approximate surface area is 182 Å². The number of aryl methyl sites for hydroxylation is 1. The molecular formula is C23H28O7S. The van der Waals surface area contributed by atoms with Crippen molar-refractivity contribution >= 4 is 9.84 Å². The van der Waals surface area contributed by atoms with Crippen molar-refractivity contribution < 1.29 is 32.5 Å². The first kappa shape index (κ1) is 22.4. The van der Waals surface area contributed by atoms with E-state index in [-0.39, 0.29) is 11.5 Å². The molecule has 0 saturated carbocycles. The number of hydrogen-bond donors (Lipinski definition) is 1. The predicted molar refractivity (Wildman–Crippen MR) is 113 cm³/mol. The molecule has 2 aliphatic rings. The molecule has 0 unspecified atom stereocenters. The topological polar surface area (TPSA) is 91.3 Å². The fourth-order valence-corrected chi connectivity index (χ4v) is 5.67. The zero-order valence-corrected chi connectivity index (χ0v) is 18.6. The van der Waals surface area contributed by atoms with Gasteiger partial charge in [-0.05, 0) is 38.5 Å². The van der Waals surface area contributed by atoms with Crippen LogP contribution in [-0.4, -0.2) is 55.8 Å². The Balaban J connectivity index is 1.62. The lowest BCUT2D eigenvalue weighted by Crippen LogP contribution is -2.47. The van der Waals surface area contributed by atoms with Crippen LogP contribution in [0.4, 0.5) is 0 Å². The first-order chi connectivity index (χ1) is 14.7. The molecule has 2 fully saturated rings. The van der Waals surface area contributed by atoms with Crippen molar-refractivity contribution in [2.24, 2.45) is 0 Å². The van der Waals surface area contributed by atoms with Crippen LogP contribution < -0.4 is 0 Å². The number of fused-ring (bicyclic) bond motifs is 1. The Morgan fingerprint density at radius 2 is 1.74 bits per heavy atom. The standard InChI is InChI=1S/C23H28O7S/c1-15-9-11-17(12-10-15)31(25,26)18(13-24)19-20(27-14-16-7-5-4-6-8-16)21-22(28-19)30-23(2,3)29-21/h4-12,18-22,24H,13-14H2,1-3H3/t18-,19+,20-,21+,22+/m0/s1. The summed E-state index contributed by atoms with van der Waals surface area (Å²) < 4.78 is 50.6. The fourth-order valence-electron chi connectivity index (χ4n) is 4.04. The Hall–Kier alpha value is -1.81. The van der Waals surface area contributed by atoms with E-state index >= 15 is 0 Å². The van der Waals surface area contributed by atoms with Crippen LogP contribution in [0.3, 0.4) is 0 Å².